The van der Waals surface area contributed by atoms with E-state index in [4.69, 9.17) is 4.74 Å². The molecule has 142 valence electrons. The average Bonchev–Trinajstić information content (AvgIpc) is 2.86. The molecule has 1 heterocycles. The summed E-state index contributed by atoms with van der Waals surface area (Å²) in [5.41, 5.74) is 1.15. The summed E-state index contributed by atoms with van der Waals surface area (Å²) >= 11 is 1.71. The number of aliphatic imine (C=N–C) groups is 1. The van der Waals surface area contributed by atoms with Crippen molar-refractivity contribution >= 4 is 17.3 Å². The lowest BCUT2D eigenvalue weighted by Gasteiger charge is -2.15. The molecular formula is C19H34N4OS. The number of unbranched alkanes of at least 4 members (excludes halogenated alkanes) is 1. The van der Waals surface area contributed by atoms with Crippen LogP contribution in [0.15, 0.2) is 10.4 Å². The van der Waals surface area contributed by atoms with Gasteiger partial charge in [-0.2, -0.15) is 0 Å². The number of hydrogen-bond donors (Lipinski definition) is 2. The first-order valence-corrected chi connectivity index (χ1v) is 10.6. The second-order valence-electron chi connectivity index (χ2n) is 6.73. The standard InChI is InChI=1S/C19H34N4OS/c1-16-23-17(15-25-16)11-13-22-19(20-2)21-12-7-8-14-24-18-9-5-3-4-6-10-18/h15,18H,3-14H2,1-2H3,(H2,20,21,22). The molecule has 0 unspecified atom stereocenters. The van der Waals surface area contributed by atoms with Crippen LogP contribution in [0.5, 0.6) is 0 Å². The molecule has 0 amide bonds. The second kappa shape index (κ2) is 12.3. The summed E-state index contributed by atoms with van der Waals surface area (Å²) in [6.07, 6.45) is 11.6. The van der Waals surface area contributed by atoms with Crippen molar-refractivity contribution < 1.29 is 4.74 Å². The smallest absolute Gasteiger partial charge is 0.190 e. The molecule has 0 saturated heterocycles. The molecule has 2 N–H and O–H groups in total. The molecule has 25 heavy (non-hydrogen) atoms. The molecule has 0 aromatic carbocycles. The van der Waals surface area contributed by atoms with E-state index in [2.05, 4.69) is 26.0 Å². The summed E-state index contributed by atoms with van der Waals surface area (Å²) in [7, 11) is 1.82. The predicted octanol–water partition coefficient (Wildman–Crippen LogP) is 3.68. The molecule has 0 bridgehead atoms. The summed E-state index contributed by atoms with van der Waals surface area (Å²) in [6, 6.07) is 0. The van der Waals surface area contributed by atoms with Crippen LogP contribution < -0.4 is 10.6 Å². The Balaban J connectivity index is 1.48. The van der Waals surface area contributed by atoms with E-state index < -0.39 is 0 Å². The Morgan fingerprint density at radius 2 is 1.96 bits per heavy atom. The van der Waals surface area contributed by atoms with Crippen LogP contribution >= 0.6 is 11.3 Å². The highest BCUT2D eigenvalue weighted by Gasteiger charge is 2.11. The van der Waals surface area contributed by atoms with Gasteiger partial charge in [0.1, 0.15) is 0 Å². The Morgan fingerprint density at radius 3 is 2.64 bits per heavy atom. The number of thiazole rings is 1. The molecule has 0 atom stereocenters. The van der Waals surface area contributed by atoms with Crippen LogP contribution in [0.2, 0.25) is 0 Å². The molecule has 1 saturated carbocycles. The van der Waals surface area contributed by atoms with Gasteiger partial charge in [-0.05, 0) is 32.6 Å². The Hall–Kier alpha value is -1.14. The third-order valence-electron chi connectivity index (χ3n) is 4.58. The fraction of sp³-hybridized carbons (Fsp3) is 0.789. The van der Waals surface area contributed by atoms with Gasteiger partial charge >= 0.3 is 0 Å². The van der Waals surface area contributed by atoms with E-state index in [0.717, 1.165) is 55.6 Å². The van der Waals surface area contributed by atoms with Gasteiger partial charge in [0.05, 0.1) is 16.8 Å². The van der Waals surface area contributed by atoms with Gasteiger partial charge in [-0.25, -0.2) is 4.98 Å². The third kappa shape index (κ3) is 8.68. The van der Waals surface area contributed by atoms with Crippen molar-refractivity contribution in [1.29, 1.82) is 0 Å². The molecule has 1 aromatic rings. The van der Waals surface area contributed by atoms with Crippen LogP contribution in [-0.4, -0.2) is 43.8 Å². The van der Waals surface area contributed by atoms with E-state index in [-0.39, 0.29) is 0 Å². The van der Waals surface area contributed by atoms with Gasteiger partial charge in [0, 0.05) is 38.5 Å². The quantitative estimate of drug-likeness (QED) is 0.303. The monoisotopic (exact) mass is 366 g/mol. The fourth-order valence-corrected chi connectivity index (χ4v) is 3.79. The number of ether oxygens (including phenoxy) is 1. The van der Waals surface area contributed by atoms with E-state index in [1.807, 2.05) is 14.0 Å². The minimum Gasteiger partial charge on any atom is -0.378 e. The van der Waals surface area contributed by atoms with Gasteiger partial charge in [0.2, 0.25) is 0 Å². The number of hydrogen-bond acceptors (Lipinski definition) is 4. The molecule has 5 nitrogen and oxygen atoms in total. The molecule has 2 rings (SSSR count). The lowest BCUT2D eigenvalue weighted by atomic mass is 10.1. The largest absolute Gasteiger partial charge is 0.378 e. The maximum atomic E-state index is 6.03. The van der Waals surface area contributed by atoms with Gasteiger partial charge < -0.3 is 15.4 Å². The number of nitrogens with one attached hydrogen (secondary N) is 2. The maximum Gasteiger partial charge on any atom is 0.190 e. The van der Waals surface area contributed by atoms with Gasteiger partial charge in [0.15, 0.2) is 5.96 Å². The molecule has 1 aliphatic carbocycles. The number of rotatable bonds is 9. The Morgan fingerprint density at radius 1 is 1.20 bits per heavy atom. The SMILES string of the molecule is CN=C(NCCCCOC1CCCCCC1)NCCc1csc(C)n1. The fourth-order valence-electron chi connectivity index (χ4n) is 3.15. The molecule has 1 fully saturated rings. The molecule has 0 aliphatic heterocycles. The van der Waals surface area contributed by atoms with Crippen molar-refractivity contribution in [1.82, 2.24) is 15.6 Å². The Kier molecular flexibility index (Phi) is 9.89. The average molecular weight is 367 g/mol. The third-order valence-corrected chi connectivity index (χ3v) is 5.41. The highest BCUT2D eigenvalue weighted by atomic mass is 32.1. The number of aromatic nitrogens is 1. The van der Waals surface area contributed by atoms with Crippen LogP contribution in [-0.2, 0) is 11.2 Å². The lowest BCUT2D eigenvalue weighted by molar-refractivity contribution is 0.0411. The molecule has 6 heteroatoms. The van der Waals surface area contributed by atoms with Crippen molar-refractivity contribution in [3.05, 3.63) is 16.1 Å². The molecule has 0 radical (unpaired) electrons. The van der Waals surface area contributed by atoms with Crippen molar-refractivity contribution in [2.75, 3.05) is 26.7 Å². The topological polar surface area (TPSA) is 58.5 Å². The van der Waals surface area contributed by atoms with E-state index in [1.54, 1.807) is 11.3 Å². The first kappa shape index (κ1) is 20.2. The van der Waals surface area contributed by atoms with Crippen LogP contribution in [0, 0.1) is 6.92 Å². The Bertz CT molecular complexity index is 495. The minimum absolute atomic E-state index is 0.513. The number of aryl methyl sites for hydroxylation is 1. The summed E-state index contributed by atoms with van der Waals surface area (Å²) in [4.78, 5) is 8.75. The molecule has 1 aromatic heterocycles. The van der Waals surface area contributed by atoms with Gasteiger partial charge in [-0.15, -0.1) is 11.3 Å². The van der Waals surface area contributed by atoms with Gasteiger partial charge in [-0.3, -0.25) is 4.99 Å². The highest BCUT2D eigenvalue weighted by molar-refractivity contribution is 7.09. The zero-order valence-electron chi connectivity index (χ0n) is 15.9. The number of nitrogens with zero attached hydrogens (tertiary/aromatic N) is 2. The summed E-state index contributed by atoms with van der Waals surface area (Å²) in [6.45, 7) is 4.72. The lowest BCUT2D eigenvalue weighted by Crippen LogP contribution is -2.38. The van der Waals surface area contributed by atoms with Gasteiger partial charge in [0.25, 0.3) is 0 Å². The summed E-state index contributed by atoms with van der Waals surface area (Å²) < 4.78 is 6.03. The van der Waals surface area contributed by atoms with Crippen LogP contribution in [0.1, 0.15) is 62.1 Å². The second-order valence-corrected chi connectivity index (χ2v) is 7.79. The van der Waals surface area contributed by atoms with E-state index in [0.29, 0.717) is 6.10 Å². The van der Waals surface area contributed by atoms with E-state index in [1.165, 1.54) is 38.5 Å². The first-order valence-electron chi connectivity index (χ1n) is 9.75. The Labute approximate surface area is 156 Å². The van der Waals surface area contributed by atoms with Crippen molar-refractivity contribution in [2.24, 2.45) is 4.99 Å². The van der Waals surface area contributed by atoms with Gasteiger partial charge in [-0.1, -0.05) is 25.7 Å². The predicted molar refractivity (Wildman–Crippen MR) is 107 cm³/mol. The zero-order valence-corrected chi connectivity index (χ0v) is 16.7. The van der Waals surface area contributed by atoms with Crippen molar-refractivity contribution in [2.45, 2.75) is 70.8 Å². The normalized spacial score (nSPS) is 16.6. The van der Waals surface area contributed by atoms with Crippen LogP contribution in [0.4, 0.5) is 0 Å². The highest BCUT2D eigenvalue weighted by Crippen LogP contribution is 2.19. The van der Waals surface area contributed by atoms with Crippen molar-refractivity contribution in [3.63, 3.8) is 0 Å². The van der Waals surface area contributed by atoms with E-state index in [9.17, 15) is 0 Å². The summed E-state index contributed by atoms with van der Waals surface area (Å²) in [5, 5.41) is 9.98. The van der Waals surface area contributed by atoms with Crippen LogP contribution in [0.3, 0.4) is 0 Å². The zero-order chi connectivity index (χ0) is 17.7. The first-order chi connectivity index (χ1) is 12.3. The number of guanidine groups is 1. The maximum absolute atomic E-state index is 6.03. The molecule has 1 aliphatic rings. The van der Waals surface area contributed by atoms with Crippen LogP contribution in [0.25, 0.3) is 0 Å². The summed E-state index contributed by atoms with van der Waals surface area (Å²) in [5.74, 6) is 0.872. The van der Waals surface area contributed by atoms with Crippen molar-refractivity contribution in [3.8, 4) is 0 Å². The molecular weight excluding hydrogens is 332 g/mol. The van der Waals surface area contributed by atoms with E-state index >= 15 is 0 Å². The molecule has 0 spiro atoms. The minimum atomic E-state index is 0.513.